The van der Waals surface area contributed by atoms with Crippen molar-refractivity contribution in [2.45, 2.75) is 26.7 Å². The van der Waals surface area contributed by atoms with E-state index in [0.29, 0.717) is 5.57 Å². The number of halogens is 2. The maximum atomic E-state index is 12.5. The van der Waals surface area contributed by atoms with Crippen LogP contribution >= 0.6 is 0 Å². The molecule has 10 heavy (non-hydrogen) atoms. The zero-order chi connectivity index (χ0) is 8.36. The molecule has 0 heterocycles. The van der Waals surface area contributed by atoms with Crippen LogP contribution in [0.5, 0.6) is 0 Å². The predicted molar refractivity (Wildman–Crippen MR) is 39.2 cm³/mol. The molecule has 0 atom stereocenters. The van der Waals surface area contributed by atoms with Crippen molar-refractivity contribution in [1.82, 2.24) is 0 Å². The molecule has 0 aliphatic heterocycles. The van der Waals surface area contributed by atoms with Crippen molar-refractivity contribution in [2.75, 3.05) is 0 Å². The fourth-order valence-corrected chi connectivity index (χ4v) is 0.822. The van der Waals surface area contributed by atoms with Crippen LogP contribution in [0.2, 0.25) is 0 Å². The van der Waals surface area contributed by atoms with Gasteiger partial charge in [-0.25, -0.2) is 8.78 Å². The lowest BCUT2D eigenvalue weighted by Gasteiger charge is -2.12. The molecule has 0 unspecified atom stereocenters. The van der Waals surface area contributed by atoms with Crippen LogP contribution in [0.1, 0.15) is 20.8 Å². The SMILES string of the molecule is C=CC(=C(C)C)C(C)(F)F. The third kappa shape index (κ3) is 2.29. The minimum Gasteiger partial charge on any atom is -0.202 e. The van der Waals surface area contributed by atoms with Gasteiger partial charge in [0.25, 0.3) is 5.92 Å². The summed E-state index contributed by atoms with van der Waals surface area (Å²) in [6.45, 7) is 7.48. The summed E-state index contributed by atoms with van der Waals surface area (Å²) in [6, 6.07) is 0. The third-order valence-electron chi connectivity index (χ3n) is 1.22. The fraction of sp³-hybridized carbons (Fsp3) is 0.500. The van der Waals surface area contributed by atoms with Crippen LogP contribution in [0.3, 0.4) is 0 Å². The summed E-state index contributed by atoms with van der Waals surface area (Å²) in [5.41, 5.74) is 0.634. The van der Waals surface area contributed by atoms with Crippen LogP contribution in [0.4, 0.5) is 8.78 Å². The first-order valence-corrected chi connectivity index (χ1v) is 3.07. The van der Waals surface area contributed by atoms with E-state index in [4.69, 9.17) is 0 Å². The van der Waals surface area contributed by atoms with E-state index in [9.17, 15) is 8.78 Å². The Hall–Kier alpha value is -0.660. The molecule has 0 radical (unpaired) electrons. The molecule has 0 N–H and O–H groups in total. The van der Waals surface area contributed by atoms with Crippen LogP contribution < -0.4 is 0 Å². The van der Waals surface area contributed by atoms with Crippen molar-refractivity contribution in [3.63, 3.8) is 0 Å². The summed E-state index contributed by atoms with van der Waals surface area (Å²) in [4.78, 5) is 0. The third-order valence-corrected chi connectivity index (χ3v) is 1.22. The summed E-state index contributed by atoms with van der Waals surface area (Å²) in [7, 11) is 0. The standard InChI is InChI=1S/C8H12F2/c1-5-7(6(2)3)8(4,9)10/h5H,1H2,2-4H3. The normalized spacial score (nSPS) is 10.9. The lowest BCUT2D eigenvalue weighted by atomic mass is 10.1. The van der Waals surface area contributed by atoms with E-state index in [1.165, 1.54) is 6.08 Å². The Morgan fingerprint density at radius 3 is 1.80 bits per heavy atom. The molecule has 0 fully saturated rings. The molecule has 0 saturated carbocycles. The van der Waals surface area contributed by atoms with E-state index >= 15 is 0 Å². The second kappa shape index (κ2) is 2.95. The molecule has 0 aromatic heterocycles. The van der Waals surface area contributed by atoms with Gasteiger partial charge in [0.1, 0.15) is 0 Å². The fourth-order valence-electron chi connectivity index (χ4n) is 0.822. The number of allylic oxidation sites excluding steroid dienone is 3. The Balaban J connectivity index is 4.71. The van der Waals surface area contributed by atoms with Gasteiger partial charge in [0, 0.05) is 12.5 Å². The number of hydrogen-bond donors (Lipinski definition) is 0. The van der Waals surface area contributed by atoms with Gasteiger partial charge in [0.05, 0.1) is 0 Å². The summed E-state index contributed by atoms with van der Waals surface area (Å²) < 4.78 is 25.0. The van der Waals surface area contributed by atoms with E-state index in [-0.39, 0.29) is 5.57 Å². The van der Waals surface area contributed by atoms with Crippen LogP contribution in [-0.2, 0) is 0 Å². The van der Waals surface area contributed by atoms with Gasteiger partial charge >= 0.3 is 0 Å². The van der Waals surface area contributed by atoms with Crippen LogP contribution in [0.25, 0.3) is 0 Å². The van der Waals surface area contributed by atoms with Gasteiger partial charge < -0.3 is 0 Å². The second-order valence-corrected chi connectivity index (χ2v) is 2.51. The number of hydrogen-bond acceptors (Lipinski definition) is 0. The van der Waals surface area contributed by atoms with E-state index < -0.39 is 5.92 Å². The first-order chi connectivity index (χ1) is 4.39. The van der Waals surface area contributed by atoms with Gasteiger partial charge in [-0.3, -0.25) is 0 Å². The van der Waals surface area contributed by atoms with Crippen molar-refractivity contribution in [2.24, 2.45) is 0 Å². The molecule has 0 rings (SSSR count). The molecule has 0 amide bonds. The van der Waals surface area contributed by atoms with Gasteiger partial charge in [-0.15, -0.1) is 0 Å². The molecule has 0 aromatic rings. The van der Waals surface area contributed by atoms with Gasteiger partial charge in [-0.1, -0.05) is 18.2 Å². The molecule has 0 bridgehead atoms. The average Bonchev–Trinajstić information content (AvgIpc) is 1.60. The monoisotopic (exact) mass is 146 g/mol. The molecule has 0 spiro atoms. The van der Waals surface area contributed by atoms with Gasteiger partial charge in [-0.05, 0) is 13.8 Å². The minimum absolute atomic E-state index is 0.0208. The van der Waals surface area contributed by atoms with Crippen molar-refractivity contribution >= 4 is 0 Å². The highest BCUT2D eigenvalue weighted by atomic mass is 19.3. The van der Waals surface area contributed by atoms with Gasteiger partial charge in [-0.2, -0.15) is 0 Å². The Morgan fingerprint density at radius 2 is 1.80 bits per heavy atom. The maximum Gasteiger partial charge on any atom is 0.270 e. The lowest BCUT2D eigenvalue weighted by Crippen LogP contribution is -2.12. The summed E-state index contributed by atoms with van der Waals surface area (Å²) in [6.07, 6.45) is 1.20. The number of alkyl halides is 2. The van der Waals surface area contributed by atoms with E-state index in [2.05, 4.69) is 6.58 Å². The Morgan fingerprint density at radius 1 is 1.40 bits per heavy atom. The molecular formula is C8H12F2. The Bertz CT molecular complexity index is 157. The zero-order valence-electron chi connectivity index (χ0n) is 6.54. The van der Waals surface area contributed by atoms with Crippen molar-refractivity contribution in [3.8, 4) is 0 Å². The van der Waals surface area contributed by atoms with Gasteiger partial charge in [0.2, 0.25) is 0 Å². The highest BCUT2D eigenvalue weighted by Crippen LogP contribution is 2.26. The first-order valence-electron chi connectivity index (χ1n) is 3.07. The molecular weight excluding hydrogens is 134 g/mol. The largest absolute Gasteiger partial charge is 0.270 e. The quantitative estimate of drug-likeness (QED) is 0.525. The highest BCUT2D eigenvalue weighted by Gasteiger charge is 2.25. The van der Waals surface area contributed by atoms with Crippen molar-refractivity contribution in [3.05, 3.63) is 23.8 Å². The topological polar surface area (TPSA) is 0 Å². The molecule has 0 nitrogen and oxygen atoms in total. The van der Waals surface area contributed by atoms with Crippen LogP contribution in [-0.4, -0.2) is 5.92 Å². The maximum absolute atomic E-state index is 12.5. The van der Waals surface area contributed by atoms with Crippen LogP contribution in [0.15, 0.2) is 23.8 Å². The first kappa shape index (κ1) is 9.34. The van der Waals surface area contributed by atoms with E-state index in [1.807, 2.05) is 0 Å². The zero-order valence-corrected chi connectivity index (χ0v) is 6.54. The summed E-state index contributed by atoms with van der Waals surface area (Å²) in [5, 5.41) is 0. The van der Waals surface area contributed by atoms with Crippen molar-refractivity contribution < 1.29 is 8.78 Å². The predicted octanol–water partition coefficient (Wildman–Crippen LogP) is 3.16. The lowest BCUT2D eigenvalue weighted by molar-refractivity contribution is 0.0665. The second-order valence-electron chi connectivity index (χ2n) is 2.51. The van der Waals surface area contributed by atoms with Crippen LogP contribution in [0, 0.1) is 0 Å². The van der Waals surface area contributed by atoms with E-state index in [1.54, 1.807) is 13.8 Å². The average molecular weight is 146 g/mol. The Kier molecular flexibility index (Phi) is 2.76. The Labute approximate surface area is 60.2 Å². The molecule has 0 aromatic carbocycles. The summed E-state index contributed by atoms with van der Waals surface area (Å²) >= 11 is 0. The molecule has 58 valence electrons. The highest BCUT2D eigenvalue weighted by molar-refractivity contribution is 5.27. The van der Waals surface area contributed by atoms with Gasteiger partial charge in [0.15, 0.2) is 0 Å². The van der Waals surface area contributed by atoms with E-state index in [0.717, 1.165) is 6.92 Å². The molecule has 0 aliphatic carbocycles. The molecule has 0 saturated heterocycles. The summed E-state index contributed by atoms with van der Waals surface area (Å²) in [5.74, 6) is -2.75. The van der Waals surface area contributed by atoms with Crippen molar-refractivity contribution in [1.29, 1.82) is 0 Å². The number of rotatable bonds is 2. The minimum atomic E-state index is -2.75. The molecule has 2 heteroatoms. The molecule has 0 aliphatic rings. The smallest absolute Gasteiger partial charge is 0.202 e.